The fourth-order valence-electron chi connectivity index (χ4n) is 2.17. The van der Waals surface area contributed by atoms with Crippen LogP contribution in [0.1, 0.15) is 24.4 Å². The quantitative estimate of drug-likeness (QED) is 0.836. The molecule has 6 heteroatoms. The van der Waals surface area contributed by atoms with E-state index < -0.39 is 11.6 Å². The molecular weight excluding hydrogens is 238 g/mol. The Hall–Kier alpha value is -1.53. The maximum absolute atomic E-state index is 10.8. The molecule has 6 nitrogen and oxygen atoms in total. The second-order valence-electron chi connectivity index (χ2n) is 5.01. The van der Waals surface area contributed by atoms with E-state index in [1.807, 2.05) is 18.7 Å². The smallest absolute Gasteiger partial charge is 0.371 e. The number of furan rings is 1. The first-order chi connectivity index (χ1) is 8.41. The molecule has 0 saturated carbocycles. The first-order valence-electron chi connectivity index (χ1n) is 5.78. The monoisotopic (exact) mass is 255 g/mol. The molecule has 1 aliphatic rings. The van der Waals surface area contributed by atoms with Gasteiger partial charge in [0, 0.05) is 19.2 Å². The van der Waals surface area contributed by atoms with Crippen molar-refractivity contribution in [3.05, 3.63) is 17.9 Å². The minimum Gasteiger partial charge on any atom is -0.475 e. The number of carbonyl (C=O) groups is 1. The summed E-state index contributed by atoms with van der Waals surface area (Å²) in [6.07, 6.45) is -0.299. The van der Waals surface area contributed by atoms with Crippen molar-refractivity contribution in [2.24, 2.45) is 0 Å². The average Bonchev–Trinajstić information content (AvgIpc) is 2.76. The highest BCUT2D eigenvalue weighted by atomic mass is 16.5. The van der Waals surface area contributed by atoms with Crippen molar-refractivity contribution in [3.63, 3.8) is 0 Å². The van der Waals surface area contributed by atoms with Crippen molar-refractivity contribution in [2.45, 2.75) is 25.6 Å². The number of aliphatic hydroxyl groups is 1. The summed E-state index contributed by atoms with van der Waals surface area (Å²) in [6.45, 7) is 4.82. The number of ether oxygens (including phenoxy) is 1. The van der Waals surface area contributed by atoms with Gasteiger partial charge in [0.05, 0.1) is 18.3 Å². The number of nitrogens with zero attached hydrogens (tertiary/aromatic N) is 1. The molecule has 1 atom stereocenters. The van der Waals surface area contributed by atoms with Gasteiger partial charge in [-0.2, -0.15) is 0 Å². The molecule has 0 aliphatic carbocycles. The highest BCUT2D eigenvalue weighted by Gasteiger charge is 2.34. The summed E-state index contributed by atoms with van der Waals surface area (Å²) in [7, 11) is 0. The summed E-state index contributed by atoms with van der Waals surface area (Å²) in [5.41, 5.74) is -0.415. The lowest BCUT2D eigenvalue weighted by atomic mass is 10.1. The number of aliphatic hydroxyl groups excluding tert-OH is 1. The van der Waals surface area contributed by atoms with Gasteiger partial charge >= 0.3 is 5.97 Å². The molecule has 0 bridgehead atoms. The Kier molecular flexibility index (Phi) is 3.32. The van der Waals surface area contributed by atoms with Crippen LogP contribution in [-0.4, -0.2) is 47.6 Å². The Morgan fingerprint density at radius 2 is 2.28 bits per heavy atom. The molecule has 2 rings (SSSR count). The second-order valence-corrected chi connectivity index (χ2v) is 5.01. The maximum atomic E-state index is 10.8. The third kappa shape index (κ3) is 2.65. The third-order valence-electron chi connectivity index (χ3n) is 2.80. The van der Waals surface area contributed by atoms with Gasteiger partial charge in [0.15, 0.2) is 5.88 Å². The number of aromatic carboxylic acids is 1. The standard InChI is InChI=1S/C12H17NO5/c1-12(2)7-13(5-8(6-14)18-12)10-4-3-9(17-10)11(15)16/h3-4,8,14H,5-7H2,1-2H3,(H,15,16). The van der Waals surface area contributed by atoms with Gasteiger partial charge in [-0.25, -0.2) is 4.79 Å². The molecule has 2 heterocycles. The van der Waals surface area contributed by atoms with E-state index in [1.165, 1.54) is 6.07 Å². The number of morpholine rings is 1. The van der Waals surface area contributed by atoms with Crippen LogP contribution in [0, 0.1) is 0 Å². The molecule has 1 saturated heterocycles. The number of hydrogen-bond acceptors (Lipinski definition) is 5. The molecule has 0 aromatic carbocycles. The van der Waals surface area contributed by atoms with E-state index in [1.54, 1.807) is 6.07 Å². The van der Waals surface area contributed by atoms with Gasteiger partial charge in [0.1, 0.15) is 0 Å². The summed E-state index contributed by atoms with van der Waals surface area (Å²) >= 11 is 0. The Balaban J connectivity index is 2.18. The Morgan fingerprint density at radius 1 is 1.56 bits per heavy atom. The maximum Gasteiger partial charge on any atom is 0.371 e. The van der Waals surface area contributed by atoms with Crippen LogP contribution in [0.4, 0.5) is 5.88 Å². The molecule has 0 spiro atoms. The average molecular weight is 255 g/mol. The SMILES string of the molecule is CC1(C)CN(c2ccc(C(=O)O)o2)CC(CO)O1. The van der Waals surface area contributed by atoms with Crippen LogP contribution >= 0.6 is 0 Å². The van der Waals surface area contributed by atoms with Crippen molar-refractivity contribution in [2.75, 3.05) is 24.6 Å². The van der Waals surface area contributed by atoms with Crippen LogP contribution in [0.5, 0.6) is 0 Å². The summed E-state index contributed by atoms with van der Waals surface area (Å²) in [5.74, 6) is -0.690. The van der Waals surface area contributed by atoms with E-state index in [-0.39, 0.29) is 18.5 Å². The van der Waals surface area contributed by atoms with E-state index in [0.717, 1.165) is 0 Å². The largest absolute Gasteiger partial charge is 0.475 e. The van der Waals surface area contributed by atoms with Gasteiger partial charge in [-0.05, 0) is 19.9 Å². The molecule has 0 amide bonds. The van der Waals surface area contributed by atoms with E-state index in [4.69, 9.17) is 14.3 Å². The third-order valence-corrected chi connectivity index (χ3v) is 2.80. The molecule has 1 aliphatic heterocycles. The Morgan fingerprint density at radius 3 is 2.83 bits per heavy atom. The lowest BCUT2D eigenvalue weighted by Crippen LogP contribution is -2.53. The molecule has 1 unspecified atom stereocenters. The van der Waals surface area contributed by atoms with E-state index >= 15 is 0 Å². The van der Waals surface area contributed by atoms with Crippen molar-refractivity contribution in [1.82, 2.24) is 0 Å². The van der Waals surface area contributed by atoms with Crippen LogP contribution in [0.15, 0.2) is 16.5 Å². The fourth-order valence-corrected chi connectivity index (χ4v) is 2.17. The van der Waals surface area contributed by atoms with Gasteiger partial charge in [-0.3, -0.25) is 0 Å². The minimum absolute atomic E-state index is 0.0770. The van der Waals surface area contributed by atoms with E-state index in [2.05, 4.69) is 0 Å². The summed E-state index contributed by atoms with van der Waals surface area (Å²) in [5, 5.41) is 18.0. The second kappa shape index (κ2) is 4.62. The molecule has 18 heavy (non-hydrogen) atoms. The van der Waals surface area contributed by atoms with Gasteiger partial charge in [0.25, 0.3) is 0 Å². The van der Waals surface area contributed by atoms with Gasteiger partial charge in [0.2, 0.25) is 5.76 Å². The van der Waals surface area contributed by atoms with Crippen LogP contribution in [0.2, 0.25) is 0 Å². The predicted molar refractivity (Wildman–Crippen MR) is 63.9 cm³/mol. The Bertz CT molecular complexity index is 439. The first kappa shape index (κ1) is 12.9. The highest BCUT2D eigenvalue weighted by Crippen LogP contribution is 2.27. The van der Waals surface area contributed by atoms with Crippen LogP contribution < -0.4 is 4.90 Å². The molecule has 2 N–H and O–H groups in total. The fraction of sp³-hybridized carbons (Fsp3) is 0.583. The number of hydrogen-bond donors (Lipinski definition) is 2. The van der Waals surface area contributed by atoms with Gasteiger partial charge < -0.3 is 24.3 Å². The minimum atomic E-state index is -1.09. The van der Waals surface area contributed by atoms with Crippen LogP contribution in [0.3, 0.4) is 0 Å². The van der Waals surface area contributed by atoms with Gasteiger partial charge in [-0.15, -0.1) is 0 Å². The predicted octanol–water partition coefficient (Wildman–Crippen LogP) is 0.954. The molecule has 1 fully saturated rings. The topological polar surface area (TPSA) is 83.1 Å². The zero-order valence-electron chi connectivity index (χ0n) is 10.4. The molecule has 0 radical (unpaired) electrons. The lowest BCUT2D eigenvalue weighted by molar-refractivity contribution is -0.101. The lowest BCUT2D eigenvalue weighted by Gasteiger charge is -2.42. The molecule has 100 valence electrons. The molecular formula is C12H17NO5. The van der Waals surface area contributed by atoms with Crippen molar-refractivity contribution >= 4 is 11.9 Å². The normalized spacial score (nSPS) is 23.1. The van der Waals surface area contributed by atoms with Crippen LogP contribution in [0.25, 0.3) is 0 Å². The van der Waals surface area contributed by atoms with Crippen molar-refractivity contribution < 1.29 is 24.2 Å². The number of carboxylic acid groups (broad SMARTS) is 1. The number of anilines is 1. The summed E-state index contributed by atoms with van der Waals surface area (Å²) < 4.78 is 10.9. The Labute approximate surface area is 105 Å². The van der Waals surface area contributed by atoms with Crippen LogP contribution in [-0.2, 0) is 4.74 Å². The van der Waals surface area contributed by atoms with Crippen molar-refractivity contribution in [1.29, 1.82) is 0 Å². The zero-order valence-corrected chi connectivity index (χ0v) is 10.4. The zero-order chi connectivity index (χ0) is 13.3. The molecule has 1 aromatic rings. The van der Waals surface area contributed by atoms with E-state index in [0.29, 0.717) is 19.0 Å². The molecule has 1 aromatic heterocycles. The first-order valence-corrected chi connectivity index (χ1v) is 5.78. The van der Waals surface area contributed by atoms with E-state index in [9.17, 15) is 9.90 Å². The highest BCUT2D eigenvalue weighted by molar-refractivity contribution is 5.84. The van der Waals surface area contributed by atoms with Gasteiger partial charge in [-0.1, -0.05) is 0 Å². The number of carboxylic acids is 1. The van der Waals surface area contributed by atoms with Crippen molar-refractivity contribution in [3.8, 4) is 0 Å². The summed E-state index contributed by atoms with van der Waals surface area (Å²) in [4.78, 5) is 12.7. The number of rotatable bonds is 3. The summed E-state index contributed by atoms with van der Waals surface area (Å²) in [6, 6.07) is 3.05.